The molecule has 1 saturated heterocycles. The minimum atomic E-state index is -3.44. The Bertz CT molecular complexity index is 1620. The molecule has 0 radical (unpaired) electrons. The summed E-state index contributed by atoms with van der Waals surface area (Å²) in [6.07, 6.45) is 0.882. The van der Waals surface area contributed by atoms with Gasteiger partial charge in [0.15, 0.2) is 0 Å². The first kappa shape index (κ1) is 40.9. The average Bonchev–Trinajstić information content (AvgIpc) is 3.33. The zero-order chi connectivity index (χ0) is 38.8. The van der Waals surface area contributed by atoms with Gasteiger partial charge in [0, 0.05) is 25.8 Å². The summed E-state index contributed by atoms with van der Waals surface area (Å²) in [4.78, 5) is 67.4. The van der Waals surface area contributed by atoms with Crippen LogP contribution in [0.25, 0.3) is 0 Å². The van der Waals surface area contributed by atoms with Crippen LogP contribution in [0.2, 0.25) is 0 Å². The lowest BCUT2D eigenvalue weighted by molar-refractivity contribution is -0.144. The maximum Gasteiger partial charge on any atom is 0.335 e. The molecule has 3 fully saturated rings. The third-order valence-electron chi connectivity index (χ3n) is 10.8. The molecule has 2 saturated carbocycles. The number of piperidine rings is 1. The molecule has 1 aromatic carbocycles. The molecular weight excluding hydrogens is 700 g/mol. The van der Waals surface area contributed by atoms with Crippen molar-refractivity contribution in [2.45, 2.75) is 110 Å². The van der Waals surface area contributed by atoms with Crippen LogP contribution in [0.3, 0.4) is 0 Å². The van der Waals surface area contributed by atoms with E-state index in [9.17, 15) is 41.2 Å². The standard InChI is InChI=1S/C36H53F2N5O8S/c1-34(2,3)28(41-33(49)42-36(20-52(6,50)51)15-8-7-9-16-36)31(46)43-19-23-26(35(23,4)5)27(43)30(45)40-24(18-25(37)38)29(44)39-17-14-21-10-12-22(13-11-21)32(47)48/h10-13,23-28H,7-9,14-20H2,1-6H3,(H,39,44)(H,40,45)(H,47,48)(H2,41,42,49)/t23-,24-,26-,27-,28+/m0/s1. The molecule has 1 aliphatic heterocycles. The van der Waals surface area contributed by atoms with Crippen molar-refractivity contribution < 1.29 is 46.3 Å². The Morgan fingerprint density at radius 2 is 1.62 bits per heavy atom. The van der Waals surface area contributed by atoms with Crippen molar-refractivity contribution in [1.82, 2.24) is 26.2 Å². The largest absolute Gasteiger partial charge is 0.478 e. The molecular formula is C36H53F2N5O8S. The van der Waals surface area contributed by atoms with Crippen molar-refractivity contribution in [1.29, 1.82) is 0 Å². The first-order valence-corrected chi connectivity index (χ1v) is 19.9. The summed E-state index contributed by atoms with van der Waals surface area (Å²) >= 11 is 0. The fourth-order valence-electron chi connectivity index (χ4n) is 8.01. The monoisotopic (exact) mass is 753 g/mol. The molecule has 5 amide bonds. The molecule has 0 bridgehead atoms. The van der Waals surface area contributed by atoms with Crippen LogP contribution >= 0.6 is 0 Å². The van der Waals surface area contributed by atoms with Gasteiger partial charge in [-0.15, -0.1) is 0 Å². The van der Waals surface area contributed by atoms with Gasteiger partial charge in [-0.2, -0.15) is 0 Å². The lowest BCUT2D eigenvalue weighted by Gasteiger charge is -2.40. The second-order valence-corrected chi connectivity index (χ2v) is 18.6. The summed E-state index contributed by atoms with van der Waals surface area (Å²) in [6, 6.07) is 1.49. The van der Waals surface area contributed by atoms with Crippen LogP contribution in [0.5, 0.6) is 0 Å². The summed E-state index contributed by atoms with van der Waals surface area (Å²) in [5.41, 5.74) is -1.36. The molecule has 52 heavy (non-hydrogen) atoms. The number of sulfone groups is 1. The molecule has 5 atom stereocenters. The molecule has 16 heteroatoms. The molecule has 1 aromatic rings. The third kappa shape index (κ3) is 9.98. The maximum atomic E-state index is 14.3. The van der Waals surface area contributed by atoms with Crippen molar-refractivity contribution in [3.05, 3.63) is 35.4 Å². The Kier molecular flexibility index (Phi) is 12.3. The number of amides is 5. The number of benzene rings is 1. The van der Waals surface area contributed by atoms with Gasteiger partial charge in [-0.1, -0.05) is 66.0 Å². The van der Waals surface area contributed by atoms with Crippen LogP contribution in [-0.2, 0) is 30.6 Å². The van der Waals surface area contributed by atoms with Crippen molar-refractivity contribution in [2.24, 2.45) is 22.7 Å². The molecule has 1 heterocycles. The van der Waals surface area contributed by atoms with E-state index in [1.54, 1.807) is 32.9 Å². The van der Waals surface area contributed by atoms with Crippen LogP contribution < -0.4 is 21.3 Å². The lowest BCUT2D eigenvalue weighted by atomic mass is 9.83. The normalized spacial score (nSPS) is 23.2. The van der Waals surface area contributed by atoms with Crippen LogP contribution in [0.1, 0.15) is 89.1 Å². The summed E-state index contributed by atoms with van der Waals surface area (Å²) in [6.45, 7) is 9.39. The van der Waals surface area contributed by atoms with E-state index in [-0.39, 0.29) is 48.1 Å². The number of hydrogen-bond donors (Lipinski definition) is 5. The van der Waals surface area contributed by atoms with Gasteiger partial charge < -0.3 is 31.3 Å². The minimum Gasteiger partial charge on any atom is -0.478 e. The van der Waals surface area contributed by atoms with Gasteiger partial charge in [0.25, 0.3) is 0 Å². The molecule has 0 spiro atoms. The van der Waals surface area contributed by atoms with Gasteiger partial charge >= 0.3 is 12.0 Å². The highest BCUT2D eigenvalue weighted by molar-refractivity contribution is 7.90. The summed E-state index contributed by atoms with van der Waals surface area (Å²) in [7, 11) is -3.44. The van der Waals surface area contributed by atoms with Crippen LogP contribution in [0, 0.1) is 22.7 Å². The average molecular weight is 754 g/mol. The number of carboxylic acid groups (broad SMARTS) is 1. The molecule has 3 aliphatic rings. The van der Waals surface area contributed by atoms with E-state index < -0.39 is 81.5 Å². The van der Waals surface area contributed by atoms with E-state index in [0.29, 0.717) is 18.4 Å². The fourth-order valence-corrected chi connectivity index (χ4v) is 9.37. The van der Waals surface area contributed by atoms with E-state index in [1.807, 2.05) is 13.8 Å². The van der Waals surface area contributed by atoms with E-state index in [1.165, 1.54) is 17.0 Å². The number of hydrogen-bond acceptors (Lipinski definition) is 7. The van der Waals surface area contributed by atoms with Crippen molar-refractivity contribution in [3.63, 3.8) is 0 Å². The Hall–Kier alpha value is -3.82. The third-order valence-corrected chi connectivity index (χ3v) is 11.9. The maximum absolute atomic E-state index is 14.3. The molecule has 0 aromatic heterocycles. The number of alkyl halides is 2. The van der Waals surface area contributed by atoms with Crippen LogP contribution in [0.4, 0.5) is 13.6 Å². The van der Waals surface area contributed by atoms with Gasteiger partial charge in [0.2, 0.25) is 24.1 Å². The number of aromatic carboxylic acids is 1. The van der Waals surface area contributed by atoms with Crippen molar-refractivity contribution >= 4 is 39.6 Å². The van der Waals surface area contributed by atoms with E-state index in [2.05, 4.69) is 21.3 Å². The number of carboxylic acids is 1. The SMILES string of the molecule is CC(C)(C)[C@H](NC(=O)NC1(CS(C)(=O)=O)CCCCC1)C(=O)N1C[C@H]2[C@@H]([C@H]1C(=O)N[C@@H](CC(F)F)C(=O)NCCc1ccc(C(=O)O)cc1)C2(C)C. The predicted molar refractivity (Wildman–Crippen MR) is 189 cm³/mol. The molecule has 4 rings (SSSR count). The first-order chi connectivity index (χ1) is 24.0. The number of fused-ring (bicyclic) bond motifs is 1. The number of nitrogens with one attached hydrogen (secondary N) is 4. The molecule has 290 valence electrons. The smallest absolute Gasteiger partial charge is 0.335 e. The van der Waals surface area contributed by atoms with Crippen LogP contribution in [0.15, 0.2) is 24.3 Å². The number of rotatable bonds is 14. The molecule has 2 aliphatic carbocycles. The fraction of sp³-hybridized carbons (Fsp3) is 0.694. The highest BCUT2D eigenvalue weighted by Crippen LogP contribution is 2.65. The Labute approximate surface area is 304 Å². The summed E-state index contributed by atoms with van der Waals surface area (Å²) in [5.74, 6) is -3.82. The first-order valence-electron chi connectivity index (χ1n) is 17.8. The summed E-state index contributed by atoms with van der Waals surface area (Å²) in [5, 5.41) is 19.8. The Morgan fingerprint density at radius 3 is 2.15 bits per heavy atom. The second kappa shape index (κ2) is 15.7. The molecule has 13 nitrogen and oxygen atoms in total. The zero-order valence-corrected chi connectivity index (χ0v) is 31.6. The number of nitrogens with zero attached hydrogens (tertiary/aromatic N) is 1. The Morgan fingerprint density at radius 1 is 1.00 bits per heavy atom. The van der Waals surface area contributed by atoms with Gasteiger partial charge in [0.1, 0.15) is 28.0 Å². The van der Waals surface area contributed by atoms with Gasteiger partial charge in [-0.05, 0) is 59.6 Å². The number of urea groups is 1. The second-order valence-electron chi connectivity index (χ2n) is 16.4. The predicted octanol–water partition coefficient (Wildman–Crippen LogP) is 3.13. The number of carbonyl (C=O) groups excluding carboxylic acids is 4. The van der Waals surface area contributed by atoms with Crippen molar-refractivity contribution in [2.75, 3.05) is 25.1 Å². The molecule has 5 N–H and O–H groups in total. The van der Waals surface area contributed by atoms with Gasteiger partial charge in [-0.25, -0.2) is 26.8 Å². The van der Waals surface area contributed by atoms with Gasteiger partial charge in [-0.3, -0.25) is 14.4 Å². The summed E-state index contributed by atoms with van der Waals surface area (Å²) < 4.78 is 52.0. The number of carbonyl (C=O) groups is 5. The Balaban J connectivity index is 1.48. The highest BCUT2D eigenvalue weighted by atomic mass is 32.2. The molecule has 0 unspecified atom stereocenters. The van der Waals surface area contributed by atoms with E-state index >= 15 is 0 Å². The highest BCUT2D eigenvalue weighted by Gasteiger charge is 2.70. The minimum absolute atomic E-state index is 0.0408. The quantitative estimate of drug-likeness (QED) is 0.192. The van der Waals surface area contributed by atoms with Gasteiger partial charge in [0.05, 0.1) is 16.9 Å². The van der Waals surface area contributed by atoms with Crippen LogP contribution in [-0.4, -0.2) is 103 Å². The van der Waals surface area contributed by atoms with Crippen molar-refractivity contribution in [3.8, 4) is 0 Å². The van der Waals surface area contributed by atoms with E-state index in [0.717, 1.165) is 25.5 Å². The zero-order valence-electron chi connectivity index (χ0n) is 30.8. The topological polar surface area (TPSA) is 191 Å². The number of likely N-dealkylation sites (tertiary alicyclic amines) is 1. The number of halogens is 2. The van der Waals surface area contributed by atoms with E-state index in [4.69, 9.17) is 5.11 Å². The lowest BCUT2D eigenvalue weighted by Crippen LogP contribution is -2.64.